The molecule has 2 heteroatoms. The normalized spacial score (nSPS) is 15.3. The largest absolute Gasteiger partial charge is 0.380 e. The van der Waals surface area contributed by atoms with E-state index in [1.165, 1.54) is 11.1 Å². The maximum Gasteiger partial charge on any atom is 0.0725 e. The van der Waals surface area contributed by atoms with Crippen molar-refractivity contribution < 1.29 is 4.74 Å². The number of methoxy groups -OCH3 is 1. The quantitative estimate of drug-likeness (QED) is 0.850. The molecule has 108 valence electrons. The maximum atomic E-state index is 6.25. The van der Waals surface area contributed by atoms with Crippen molar-refractivity contribution in [2.24, 2.45) is 5.73 Å². The summed E-state index contributed by atoms with van der Waals surface area (Å²) in [6, 6.07) is 8.89. The van der Waals surface area contributed by atoms with Gasteiger partial charge in [-0.15, -0.1) is 0 Å². The number of nitrogens with two attached hydrogens (primary N) is 1. The van der Waals surface area contributed by atoms with Gasteiger partial charge in [-0.25, -0.2) is 0 Å². The van der Waals surface area contributed by atoms with E-state index in [0.29, 0.717) is 0 Å². The van der Waals surface area contributed by atoms with Crippen molar-refractivity contribution in [3.63, 3.8) is 0 Å². The zero-order valence-electron chi connectivity index (χ0n) is 13.1. The summed E-state index contributed by atoms with van der Waals surface area (Å²) < 4.78 is 5.48. The van der Waals surface area contributed by atoms with Gasteiger partial charge in [-0.3, -0.25) is 0 Å². The molecule has 0 aliphatic rings. The molecule has 0 amide bonds. The van der Waals surface area contributed by atoms with E-state index in [9.17, 15) is 0 Å². The Bertz CT molecular complexity index is 364. The number of rotatable bonds is 6. The van der Waals surface area contributed by atoms with Crippen LogP contribution in [0.2, 0.25) is 0 Å². The molecule has 1 aromatic rings. The molecule has 2 nitrogen and oxygen atoms in total. The van der Waals surface area contributed by atoms with E-state index in [1.54, 1.807) is 7.11 Å². The van der Waals surface area contributed by atoms with Crippen LogP contribution in [0.25, 0.3) is 0 Å². The van der Waals surface area contributed by atoms with Crippen molar-refractivity contribution in [1.82, 2.24) is 0 Å². The first-order valence-electron chi connectivity index (χ1n) is 7.26. The summed E-state index contributed by atoms with van der Waals surface area (Å²) in [5, 5.41) is 0. The van der Waals surface area contributed by atoms with Gasteiger partial charge in [0.25, 0.3) is 0 Å². The molecule has 0 aliphatic heterocycles. The molecule has 2 N–H and O–H groups in total. The second kappa shape index (κ2) is 7.06. The zero-order valence-corrected chi connectivity index (χ0v) is 13.1. The van der Waals surface area contributed by atoms with Crippen LogP contribution in [-0.4, -0.2) is 19.3 Å². The molecular weight excluding hydrogens is 234 g/mol. The van der Waals surface area contributed by atoms with E-state index in [-0.39, 0.29) is 17.6 Å². The van der Waals surface area contributed by atoms with Gasteiger partial charge in [-0.1, -0.05) is 58.4 Å². The third-order valence-corrected chi connectivity index (χ3v) is 3.64. The molecule has 0 fully saturated rings. The minimum atomic E-state index is 0.0745. The van der Waals surface area contributed by atoms with Gasteiger partial charge in [0.05, 0.1) is 6.10 Å². The Morgan fingerprint density at radius 3 is 2.16 bits per heavy atom. The van der Waals surface area contributed by atoms with E-state index in [2.05, 4.69) is 52.0 Å². The lowest BCUT2D eigenvalue weighted by Crippen LogP contribution is -2.37. The maximum absolute atomic E-state index is 6.25. The second-order valence-corrected chi connectivity index (χ2v) is 6.38. The highest BCUT2D eigenvalue weighted by molar-refractivity contribution is 5.28. The lowest BCUT2D eigenvalue weighted by molar-refractivity contribution is 0.0727. The van der Waals surface area contributed by atoms with Crippen molar-refractivity contribution in [3.8, 4) is 0 Å². The topological polar surface area (TPSA) is 35.2 Å². The van der Waals surface area contributed by atoms with Gasteiger partial charge < -0.3 is 10.5 Å². The lowest BCUT2D eigenvalue weighted by atomic mass is 9.86. The molecule has 19 heavy (non-hydrogen) atoms. The van der Waals surface area contributed by atoms with Crippen LogP contribution in [-0.2, 0) is 16.6 Å². The lowest BCUT2D eigenvalue weighted by Gasteiger charge is -2.23. The molecule has 1 rings (SSSR count). The minimum absolute atomic E-state index is 0.0745. The van der Waals surface area contributed by atoms with E-state index in [4.69, 9.17) is 10.5 Å². The van der Waals surface area contributed by atoms with E-state index >= 15 is 0 Å². The summed E-state index contributed by atoms with van der Waals surface area (Å²) in [5.41, 5.74) is 9.10. The highest BCUT2D eigenvalue weighted by Crippen LogP contribution is 2.22. The molecule has 0 heterocycles. The second-order valence-electron chi connectivity index (χ2n) is 6.38. The van der Waals surface area contributed by atoms with Crippen LogP contribution < -0.4 is 5.73 Å². The fraction of sp³-hybridized carbons (Fsp3) is 0.647. The Hall–Kier alpha value is -0.860. The molecule has 0 aromatic heterocycles. The Morgan fingerprint density at radius 1 is 1.16 bits per heavy atom. The Labute approximate surface area is 118 Å². The molecule has 0 saturated carbocycles. The predicted octanol–water partition coefficient (Wildman–Crippen LogP) is 3.67. The fourth-order valence-electron chi connectivity index (χ4n) is 2.34. The van der Waals surface area contributed by atoms with Crippen molar-refractivity contribution >= 4 is 0 Å². The smallest absolute Gasteiger partial charge is 0.0725 e. The molecule has 0 bridgehead atoms. The van der Waals surface area contributed by atoms with Crippen LogP contribution >= 0.6 is 0 Å². The summed E-state index contributed by atoms with van der Waals surface area (Å²) in [6.07, 6.45) is 3.17. The highest BCUT2D eigenvalue weighted by Gasteiger charge is 2.17. The first kappa shape index (κ1) is 16.2. The molecule has 2 atom stereocenters. The van der Waals surface area contributed by atoms with Crippen LogP contribution in [0, 0.1) is 0 Å². The van der Waals surface area contributed by atoms with Gasteiger partial charge >= 0.3 is 0 Å². The third kappa shape index (κ3) is 4.96. The van der Waals surface area contributed by atoms with Crippen LogP contribution in [0.15, 0.2) is 24.3 Å². The van der Waals surface area contributed by atoms with Crippen LogP contribution in [0.4, 0.5) is 0 Å². The molecule has 0 aliphatic carbocycles. The number of benzene rings is 1. The number of hydrogen-bond acceptors (Lipinski definition) is 2. The summed E-state index contributed by atoms with van der Waals surface area (Å²) in [7, 11) is 1.75. The third-order valence-electron chi connectivity index (χ3n) is 3.64. The van der Waals surface area contributed by atoms with Gasteiger partial charge in [-0.2, -0.15) is 0 Å². The Kier molecular flexibility index (Phi) is 6.02. The average Bonchev–Trinajstić information content (AvgIpc) is 2.35. The fourth-order valence-corrected chi connectivity index (χ4v) is 2.34. The van der Waals surface area contributed by atoms with Crippen molar-refractivity contribution in [2.75, 3.05) is 7.11 Å². The zero-order chi connectivity index (χ0) is 14.5. The van der Waals surface area contributed by atoms with Gasteiger partial charge in [-0.05, 0) is 29.4 Å². The molecular formula is C17H29NO. The molecule has 0 saturated heterocycles. The summed E-state index contributed by atoms with van der Waals surface area (Å²) in [4.78, 5) is 0. The van der Waals surface area contributed by atoms with E-state index in [0.717, 1.165) is 19.3 Å². The molecule has 0 spiro atoms. The standard InChI is InChI=1S/C17H29NO/c1-6-7-16(19-5)15(18)12-13-8-10-14(11-9-13)17(2,3)4/h8-11,15-16H,6-7,12,18H2,1-5H3. The van der Waals surface area contributed by atoms with Crippen molar-refractivity contribution in [3.05, 3.63) is 35.4 Å². The van der Waals surface area contributed by atoms with Crippen LogP contribution in [0.5, 0.6) is 0 Å². The molecule has 2 unspecified atom stereocenters. The first-order chi connectivity index (χ1) is 8.88. The SMILES string of the molecule is CCCC(OC)C(N)Cc1ccc(C(C)(C)C)cc1. The van der Waals surface area contributed by atoms with Gasteiger partial charge in [0.1, 0.15) is 0 Å². The Balaban J connectivity index is 2.67. The van der Waals surface area contributed by atoms with Gasteiger partial charge in [0, 0.05) is 13.2 Å². The summed E-state index contributed by atoms with van der Waals surface area (Å²) >= 11 is 0. The monoisotopic (exact) mass is 263 g/mol. The predicted molar refractivity (Wildman–Crippen MR) is 82.5 cm³/mol. The molecule has 1 aromatic carbocycles. The number of hydrogen-bond donors (Lipinski definition) is 1. The van der Waals surface area contributed by atoms with Crippen LogP contribution in [0.3, 0.4) is 0 Å². The minimum Gasteiger partial charge on any atom is -0.380 e. The summed E-state index contributed by atoms with van der Waals surface area (Å²) in [5.74, 6) is 0. The highest BCUT2D eigenvalue weighted by atomic mass is 16.5. The van der Waals surface area contributed by atoms with Crippen LogP contribution in [0.1, 0.15) is 51.7 Å². The van der Waals surface area contributed by atoms with Crippen molar-refractivity contribution in [1.29, 1.82) is 0 Å². The first-order valence-corrected chi connectivity index (χ1v) is 7.26. The van der Waals surface area contributed by atoms with Gasteiger partial charge in [0.15, 0.2) is 0 Å². The van der Waals surface area contributed by atoms with Crippen molar-refractivity contribution in [2.45, 2.75) is 64.5 Å². The molecule has 0 radical (unpaired) electrons. The number of ether oxygens (including phenoxy) is 1. The van der Waals surface area contributed by atoms with E-state index in [1.807, 2.05) is 0 Å². The Morgan fingerprint density at radius 2 is 1.74 bits per heavy atom. The average molecular weight is 263 g/mol. The van der Waals surface area contributed by atoms with Gasteiger partial charge in [0.2, 0.25) is 0 Å². The van der Waals surface area contributed by atoms with E-state index < -0.39 is 0 Å². The summed E-state index contributed by atoms with van der Waals surface area (Å²) in [6.45, 7) is 8.86.